The molecule has 1 aromatic carbocycles. The fourth-order valence-corrected chi connectivity index (χ4v) is 3.94. The average molecular weight is 323 g/mol. The third kappa shape index (κ3) is 3.29. The summed E-state index contributed by atoms with van der Waals surface area (Å²) in [6, 6.07) is 7.11. The molecule has 2 heterocycles. The van der Waals surface area contributed by atoms with Crippen LogP contribution in [-0.2, 0) is 0 Å². The number of carbonyl (C=O) groups excluding carboxylic acids is 1. The minimum atomic E-state index is 0.0957. The molecule has 22 heavy (non-hydrogen) atoms. The molecule has 0 radical (unpaired) electrons. The summed E-state index contributed by atoms with van der Waals surface area (Å²) in [5, 5.41) is 13.5. The number of carbonyl (C=O) groups is 1. The molecular weight excluding hydrogens is 300 g/mol. The molecule has 2 aliphatic heterocycles. The van der Waals surface area contributed by atoms with Gasteiger partial charge in [0, 0.05) is 36.8 Å². The van der Waals surface area contributed by atoms with E-state index in [1.807, 2.05) is 4.90 Å². The maximum absolute atomic E-state index is 12.5. The van der Waals surface area contributed by atoms with Gasteiger partial charge in [-0.3, -0.25) is 4.79 Å². The van der Waals surface area contributed by atoms with Gasteiger partial charge in [0.05, 0.1) is 0 Å². The normalized spacial score (nSPS) is 26.4. The molecule has 2 saturated heterocycles. The lowest BCUT2D eigenvalue weighted by Gasteiger charge is -2.36. The van der Waals surface area contributed by atoms with Crippen molar-refractivity contribution < 1.29 is 9.90 Å². The summed E-state index contributed by atoms with van der Waals surface area (Å²) in [5.41, 5.74) is 0.707. The van der Waals surface area contributed by atoms with Gasteiger partial charge in [-0.05, 0) is 61.4 Å². The van der Waals surface area contributed by atoms with Crippen molar-refractivity contribution in [1.82, 2.24) is 10.2 Å². The molecular formula is C17H23ClN2O2. The molecule has 4 nitrogen and oxygen atoms in total. The predicted octanol–water partition coefficient (Wildman–Crippen LogP) is 2.02. The molecule has 0 aliphatic carbocycles. The molecule has 120 valence electrons. The first-order valence-corrected chi connectivity index (χ1v) is 8.43. The van der Waals surface area contributed by atoms with Gasteiger partial charge >= 0.3 is 0 Å². The van der Waals surface area contributed by atoms with Crippen LogP contribution in [0.5, 0.6) is 0 Å². The van der Waals surface area contributed by atoms with Crippen LogP contribution in [0.2, 0.25) is 5.02 Å². The van der Waals surface area contributed by atoms with Crippen LogP contribution in [0.3, 0.4) is 0 Å². The fourth-order valence-electron chi connectivity index (χ4n) is 3.81. The highest BCUT2D eigenvalue weighted by atomic mass is 35.5. The number of rotatable bonds is 3. The van der Waals surface area contributed by atoms with Gasteiger partial charge in [-0.25, -0.2) is 0 Å². The van der Waals surface area contributed by atoms with Gasteiger partial charge in [0.2, 0.25) is 0 Å². The number of halogens is 1. The number of hydrogen-bond acceptors (Lipinski definition) is 3. The van der Waals surface area contributed by atoms with Gasteiger partial charge < -0.3 is 15.3 Å². The lowest BCUT2D eigenvalue weighted by molar-refractivity contribution is 0.0626. The number of nitrogens with zero attached hydrogens (tertiary/aromatic N) is 1. The monoisotopic (exact) mass is 322 g/mol. The van der Waals surface area contributed by atoms with Crippen molar-refractivity contribution in [2.75, 3.05) is 32.8 Å². The van der Waals surface area contributed by atoms with Crippen molar-refractivity contribution in [2.24, 2.45) is 17.8 Å². The Kier molecular flexibility index (Phi) is 5.01. The summed E-state index contributed by atoms with van der Waals surface area (Å²) < 4.78 is 0. The van der Waals surface area contributed by atoms with Crippen molar-refractivity contribution in [3.63, 3.8) is 0 Å². The molecule has 2 aliphatic rings. The zero-order valence-electron chi connectivity index (χ0n) is 12.7. The topological polar surface area (TPSA) is 52.6 Å². The highest BCUT2D eigenvalue weighted by Gasteiger charge is 2.35. The lowest BCUT2D eigenvalue weighted by atomic mass is 9.78. The van der Waals surface area contributed by atoms with Crippen LogP contribution in [0.15, 0.2) is 24.3 Å². The summed E-state index contributed by atoms with van der Waals surface area (Å²) in [4.78, 5) is 14.4. The van der Waals surface area contributed by atoms with Crippen LogP contribution >= 0.6 is 11.6 Å². The number of aliphatic hydroxyl groups is 1. The highest BCUT2D eigenvalue weighted by molar-refractivity contribution is 6.30. The van der Waals surface area contributed by atoms with Crippen LogP contribution in [0, 0.1) is 17.8 Å². The molecule has 3 rings (SSSR count). The summed E-state index contributed by atoms with van der Waals surface area (Å²) >= 11 is 5.87. The van der Waals surface area contributed by atoms with Crippen LogP contribution in [0.25, 0.3) is 0 Å². The molecule has 0 unspecified atom stereocenters. The molecule has 0 saturated carbocycles. The van der Waals surface area contributed by atoms with Gasteiger partial charge in [-0.2, -0.15) is 0 Å². The Bertz CT molecular complexity index is 512. The van der Waals surface area contributed by atoms with Crippen molar-refractivity contribution in [2.45, 2.75) is 12.8 Å². The number of benzene rings is 1. The van der Waals surface area contributed by atoms with E-state index >= 15 is 0 Å². The minimum Gasteiger partial charge on any atom is -0.396 e. The Balaban J connectivity index is 1.57. The van der Waals surface area contributed by atoms with Gasteiger partial charge in [0.25, 0.3) is 5.91 Å². The molecule has 1 aromatic rings. The first-order valence-electron chi connectivity index (χ1n) is 8.05. The summed E-state index contributed by atoms with van der Waals surface area (Å²) in [7, 11) is 0. The Morgan fingerprint density at radius 2 is 1.91 bits per heavy atom. The Labute approximate surface area is 136 Å². The molecule has 2 N–H and O–H groups in total. The minimum absolute atomic E-state index is 0.0957. The fraction of sp³-hybridized carbons (Fsp3) is 0.588. The van der Waals surface area contributed by atoms with Crippen LogP contribution in [0.4, 0.5) is 0 Å². The molecule has 1 amide bonds. The maximum Gasteiger partial charge on any atom is 0.253 e. The second-order valence-corrected chi connectivity index (χ2v) is 6.84. The van der Waals surface area contributed by atoms with Gasteiger partial charge in [-0.15, -0.1) is 0 Å². The molecule has 5 heteroatoms. The Morgan fingerprint density at radius 1 is 1.23 bits per heavy atom. The smallest absolute Gasteiger partial charge is 0.253 e. The second-order valence-electron chi connectivity index (χ2n) is 6.40. The summed E-state index contributed by atoms with van der Waals surface area (Å²) in [6.07, 6.45) is 2.06. The maximum atomic E-state index is 12.5. The van der Waals surface area contributed by atoms with E-state index in [-0.39, 0.29) is 12.5 Å². The number of nitrogens with one attached hydrogen (secondary N) is 1. The average Bonchev–Trinajstić information content (AvgIpc) is 3.04. The number of likely N-dealkylation sites (tertiary alicyclic amines) is 1. The molecule has 0 aromatic heterocycles. The van der Waals surface area contributed by atoms with Crippen LogP contribution in [-0.4, -0.2) is 48.7 Å². The van der Waals surface area contributed by atoms with Crippen molar-refractivity contribution in [3.05, 3.63) is 34.9 Å². The van der Waals surface area contributed by atoms with Crippen molar-refractivity contribution >= 4 is 17.5 Å². The Morgan fingerprint density at radius 3 is 2.55 bits per heavy atom. The predicted molar refractivity (Wildman–Crippen MR) is 87.0 cm³/mol. The Hall–Kier alpha value is -1.10. The van der Waals surface area contributed by atoms with E-state index in [0.29, 0.717) is 28.3 Å². The quantitative estimate of drug-likeness (QED) is 0.895. The highest BCUT2D eigenvalue weighted by Crippen LogP contribution is 2.32. The summed E-state index contributed by atoms with van der Waals surface area (Å²) in [5.74, 6) is 1.64. The van der Waals surface area contributed by atoms with Gasteiger partial charge in [0.15, 0.2) is 0 Å². The van der Waals surface area contributed by atoms with Crippen molar-refractivity contribution in [3.8, 4) is 0 Å². The van der Waals surface area contributed by atoms with E-state index in [2.05, 4.69) is 5.32 Å². The van der Waals surface area contributed by atoms with E-state index in [4.69, 9.17) is 11.6 Å². The largest absolute Gasteiger partial charge is 0.396 e. The zero-order chi connectivity index (χ0) is 15.5. The molecule has 2 fully saturated rings. The van der Waals surface area contributed by atoms with Gasteiger partial charge in [0.1, 0.15) is 0 Å². The zero-order valence-corrected chi connectivity index (χ0v) is 13.4. The van der Waals surface area contributed by atoms with Crippen LogP contribution < -0.4 is 5.32 Å². The number of amides is 1. The molecule has 0 bridgehead atoms. The van der Waals surface area contributed by atoms with E-state index in [0.717, 1.165) is 39.0 Å². The lowest BCUT2D eigenvalue weighted by Crippen LogP contribution is -2.41. The SMILES string of the molecule is O=C(c1ccc(Cl)cc1)N1CCC([C@@H]2CNC[C@H]2CO)CC1. The standard InChI is InChI=1S/C17H23ClN2O2/c18-15-3-1-13(2-4-15)17(22)20-7-5-12(6-8-20)16-10-19-9-14(16)11-21/h1-4,12,14,16,19,21H,5-11H2/t14-,16-/m0/s1. The third-order valence-corrected chi connectivity index (χ3v) is 5.40. The third-order valence-electron chi connectivity index (χ3n) is 5.15. The van der Waals surface area contributed by atoms with E-state index in [9.17, 15) is 9.90 Å². The van der Waals surface area contributed by atoms with E-state index in [1.54, 1.807) is 24.3 Å². The first kappa shape index (κ1) is 15.8. The number of aliphatic hydroxyl groups excluding tert-OH is 1. The molecule has 2 atom stereocenters. The number of hydrogen-bond donors (Lipinski definition) is 2. The summed E-state index contributed by atoms with van der Waals surface area (Å²) in [6.45, 7) is 3.80. The first-order chi connectivity index (χ1) is 10.7. The number of piperidine rings is 1. The van der Waals surface area contributed by atoms with Crippen LogP contribution in [0.1, 0.15) is 23.2 Å². The molecule has 0 spiro atoms. The second kappa shape index (κ2) is 6.99. The van der Waals surface area contributed by atoms with Gasteiger partial charge in [-0.1, -0.05) is 11.6 Å². The van der Waals surface area contributed by atoms with Crippen molar-refractivity contribution in [1.29, 1.82) is 0 Å². The van der Waals surface area contributed by atoms with E-state index in [1.165, 1.54) is 0 Å². The van der Waals surface area contributed by atoms with E-state index < -0.39 is 0 Å².